The maximum absolute atomic E-state index is 11.3. The van der Waals surface area contributed by atoms with Crippen molar-refractivity contribution in [3.8, 4) is 6.07 Å². The Morgan fingerprint density at radius 3 is 2.86 bits per heavy atom. The van der Waals surface area contributed by atoms with E-state index in [1.54, 1.807) is 13.1 Å². The first-order valence-electron chi connectivity index (χ1n) is 7.11. The van der Waals surface area contributed by atoms with E-state index in [2.05, 4.69) is 26.3 Å². The summed E-state index contributed by atoms with van der Waals surface area (Å²) in [5.41, 5.74) is 0.362. The quantitative estimate of drug-likeness (QED) is 0.898. The molecule has 0 saturated carbocycles. The van der Waals surface area contributed by atoms with E-state index in [0.29, 0.717) is 30.6 Å². The first-order chi connectivity index (χ1) is 10.2. The Labute approximate surface area is 123 Å². The van der Waals surface area contributed by atoms with Gasteiger partial charge in [-0.1, -0.05) is 0 Å². The Morgan fingerprint density at radius 2 is 2.19 bits per heavy atom. The summed E-state index contributed by atoms with van der Waals surface area (Å²) in [6, 6.07) is 2.07. The van der Waals surface area contributed by atoms with Gasteiger partial charge in [-0.2, -0.15) is 5.26 Å². The van der Waals surface area contributed by atoms with E-state index in [1.165, 1.54) is 6.20 Å². The third-order valence-corrected chi connectivity index (χ3v) is 3.51. The van der Waals surface area contributed by atoms with Crippen LogP contribution in [-0.4, -0.2) is 42.3 Å². The lowest BCUT2D eigenvalue weighted by atomic mass is 9.97. The summed E-state index contributed by atoms with van der Waals surface area (Å²) >= 11 is 0. The summed E-state index contributed by atoms with van der Waals surface area (Å²) in [5, 5.41) is 11.8. The van der Waals surface area contributed by atoms with Gasteiger partial charge in [0.15, 0.2) is 11.5 Å². The molecular weight excluding hydrogens is 270 g/mol. The molecule has 0 aromatic carbocycles. The number of rotatable bonds is 4. The highest BCUT2D eigenvalue weighted by Crippen LogP contribution is 2.22. The molecule has 0 bridgehead atoms. The summed E-state index contributed by atoms with van der Waals surface area (Å²) < 4.78 is 4.84. The number of nitrogens with one attached hydrogen (secondary N) is 1. The summed E-state index contributed by atoms with van der Waals surface area (Å²) in [6.07, 6.45) is 4.64. The van der Waals surface area contributed by atoms with Crippen LogP contribution in [0.5, 0.6) is 0 Å². The fraction of sp³-hybridized carbons (Fsp3) is 0.571. The van der Waals surface area contributed by atoms with Gasteiger partial charge in [-0.25, -0.2) is 14.8 Å². The summed E-state index contributed by atoms with van der Waals surface area (Å²) in [5.74, 6) is 1.07. The molecule has 1 aliphatic heterocycles. The van der Waals surface area contributed by atoms with Crippen LogP contribution < -0.4 is 10.2 Å². The number of hydrogen-bond donors (Lipinski definition) is 1. The Balaban J connectivity index is 1.83. The van der Waals surface area contributed by atoms with E-state index < -0.39 is 0 Å². The average molecular weight is 289 g/mol. The zero-order valence-electron chi connectivity index (χ0n) is 12.1. The van der Waals surface area contributed by atoms with E-state index in [9.17, 15) is 4.79 Å². The number of carbonyl (C=O) groups excluding carboxylic acids is 1. The molecule has 2 rings (SSSR count). The molecule has 1 N–H and O–H groups in total. The third-order valence-electron chi connectivity index (χ3n) is 3.51. The van der Waals surface area contributed by atoms with Gasteiger partial charge in [0.2, 0.25) is 0 Å². The minimum Gasteiger partial charge on any atom is -0.450 e. The molecule has 0 radical (unpaired) electrons. The number of aromatic nitrogens is 2. The van der Waals surface area contributed by atoms with Crippen LogP contribution in [0.3, 0.4) is 0 Å². The number of alkyl carbamates (subject to hydrolysis) is 1. The molecule has 0 atom stereocenters. The first kappa shape index (κ1) is 15.0. The maximum Gasteiger partial charge on any atom is 0.407 e. The molecule has 1 fully saturated rings. The molecular formula is C14H19N5O2. The zero-order valence-corrected chi connectivity index (χ0v) is 12.1. The van der Waals surface area contributed by atoms with Gasteiger partial charge in [0.05, 0.1) is 6.61 Å². The van der Waals surface area contributed by atoms with Crippen molar-refractivity contribution in [2.24, 2.45) is 5.92 Å². The molecule has 0 aliphatic carbocycles. The molecule has 112 valence electrons. The summed E-state index contributed by atoms with van der Waals surface area (Å²) in [4.78, 5) is 21.6. The van der Waals surface area contributed by atoms with Crippen molar-refractivity contribution in [3.63, 3.8) is 0 Å². The van der Waals surface area contributed by atoms with Gasteiger partial charge >= 0.3 is 6.09 Å². The van der Waals surface area contributed by atoms with Crippen LogP contribution in [0.15, 0.2) is 12.4 Å². The van der Waals surface area contributed by atoms with Crippen LogP contribution in [0.1, 0.15) is 25.5 Å². The lowest BCUT2D eigenvalue weighted by Gasteiger charge is -2.32. The second-order valence-corrected chi connectivity index (χ2v) is 4.87. The van der Waals surface area contributed by atoms with E-state index >= 15 is 0 Å². The van der Waals surface area contributed by atoms with Crippen LogP contribution in [0.2, 0.25) is 0 Å². The lowest BCUT2D eigenvalue weighted by molar-refractivity contribution is 0.149. The maximum atomic E-state index is 11.3. The van der Waals surface area contributed by atoms with Crippen molar-refractivity contribution in [2.45, 2.75) is 19.8 Å². The normalized spacial score (nSPS) is 15.3. The Hall–Kier alpha value is -2.36. The molecule has 1 aromatic heterocycles. The average Bonchev–Trinajstić information content (AvgIpc) is 2.54. The highest BCUT2D eigenvalue weighted by atomic mass is 16.5. The van der Waals surface area contributed by atoms with Gasteiger partial charge < -0.3 is 15.0 Å². The van der Waals surface area contributed by atoms with E-state index in [-0.39, 0.29) is 6.09 Å². The monoisotopic (exact) mass is 289 g/mol. The van der Waals surface area contributed by atoms with Crippen LogP contribution >= 0.6 is 0 Å². The minimum absolute atomic E-state index is 0.361. The second kappa shape index (κ2) is 7.43. The molecule has 1 saturated heterocycles. The third kappa shape index (κ3) is 4.05. The largest absolute Gasteiger partial charge is 0.450 e. The Kier molecular flexibility index (Phi) is 5.32. The topological polar surface area (TPSA) is 91.1 Å². The first-order valence-corrected chi connectivity index (χ1v) is 7.11. The predicted octanol–water partition coefficient (Wildman–Crippen LogP) is 1.31. The smallest absolute Gasteiger partial charge is 0.407 e. The van der Waals surface area contributed by atoms with Crippen molar-refractivity contribution >= 4 is 11.9 Å². The summed E-state index contributed by atoms with van der Waals surface area (Å²) in [7, 11) is 0. The molecule has 1 amide bonds. The number of carbonyl (C=O) groups is 1. The van der Waals surface area contributed by atoms with Crippen molar-refractivity contribution in [2.75, 3.05) is 31.1 Å². The van der Waals surface area contributed by atoms with Gasteiger partial charge in [-0.3, -0.25) is 0 Å². The number of amides is 1. The van der Waals surface area contributed by atoms with Gasteiger partial charge in [0.1, 0.15) is 6.07 Å². The number of ether oxygens (including phenoxy) is 1. The van der Waals surface area contributed by atoms with Gasteiger partial charge in [-0.05, 0) is 25.7 Å². The predicted molar refractivity (Wildman–Crippen MR) is 76.7 cm³/mol. The van der Waals surface area contributed by atoms with Crippen LogP contribution in [0, 0.1) is 17.2 Å². The van der Waals surface area contributed by atoms with Gasteiger partial charge in [-0.15, -0.1) is 0 Å². The molecule has 1 aromatic rings. The van der Waals surface area contributed by atoms with E-state index in [4.69, 9.17) is 10.00 Å². The van der Waals surface area contributed by atoms with Crippen molar-refractivity contribution in [3.05, 3.63) is 18.1 Å². The van der Waals surface area contributed by atoms with E-state index in [0.717, 1.165) is 25.9 Å². The lowest BCUT2D eigenvalue weighted by Crippen LogP contribution is -2.39. The van der Waals surface area contributed by atoms with Crippen molar-refractivity contribution < 1.29 is 9.53 Å². The SMILES string of the molecule is CCOC(=O)NCC1CCN(c2nccnc2C#N)CC1. The Bertz CT molecular complexity index is 520. The number of hydrogen-bond acceptors (Lipinski definition) is 6. The molecule has 0 unspecified atom stereocenters. The molecule has 7 heteroatoms. The number of anilines is 1. The molecule has 21 heavy (non-hydrogen) atoms. The minimum atomic E-state index is -0.361. The van der Waals surface area contributed by atoms with Crippen LogP contribution in [-0.2, 0) is 4.74 Å². The number of nitrogens with zero attached hydrogens (tertiary/aromatic N) is 4. The van der Waals surface area contributed by atoms with Gasteiger partial charge in [0.25, 0.3) is 0 Å². The highest BCUT2D eigenvalue weighted by molar-refractivity contribution is 5.67. The fourth-order valence-electron chi connectivity index (χ4n) is 2.40. The standard InChI is InChI=1S/C14H19N5O2/c1-2-21-14(20)18-10-11-3-7-19(8-4-11)13-12(9-15)16-5-6-17-13/h5-6,11H,2-4,7-8,10H2,1H3,(H,18,20). The zero-order chi connectivity index (χ0) is 15.1. The molecule has 2 heterocycles. The van der Waals surface area contributed by atoms with Crippen molar-refractivity contribution in [1.82, 2.24) is 15.3 Å². The molecule has 0 spiro atoms. The van der Waals surface area contributed by atoms with Crippen molar-refractivity contribution in [1.29, 1.82) is 5.26 Å². The molecule has 7 nitrogen and oxygen atoms in total. The second-order valence-electron chi connectivity index (χ2n) is 4.87. The summed E-state index contributed by atoms with van der Waals surface area (Å²) in [6.45, 7) is 4.41. The fourth-order valence-corrected chi connectivity index (χ4v) is 2.40. The van der Waals surface area contributed by atoms with Crippen LogP contribution in [0.25, 0.3) is 0 Å². The van der Waals surface area contributed by atoms with Gasteiger partial charge in [0, 0.05) is 32.0 Å². The highest BCUT2D eigenvalue weighted by Gasteiger charge is 2.22. The number of piperidine rings is 1. The van der Waals surface area contributed by atoms with E-state index in [1.807, 2.05) is 0 Å². The molecule has 1 aliphatic rings. The number of nitriles is 1. The Morgan fingerprint density at radius 1 is 1.48 bits per heavy atom. The van der Waals surface area contributed by atoms with Crippen LogP contribution in [0.4, 0.5) is 10.6 Å².